The topological polar surface area (TPSA) is 16.4 Å². The van der Waals surface area contributed by atoms with E-state index in [9.17, 15) is 0 Å². The quantitative estimate of drug-likeness (QED) is 0.161. The summed E-state index contributed by atoms with van der Waals surface area (Å²) in [6.07, 6.45) is 5.16. The minimum absolute atomic E-state index is 0.0261. The van der Waals surface area contributed by atoms with Crippen LogP contribution in [0.3, 0.4) is 0 Å². The molecule has 3 heterocycles. The van der Waals surface area contributed by atoms with Crippen molar-refractivity contribution in [2.75, 3.05) is 4.81 Å². The molecule has 0 amide bonds. The Bertz CT molecular complexity index is 2520. The van der Waals surface area contributed by atoms with Gasteiger partial charge in [0.15, 0.2) is 5.58 Å². The molecule has 1 aromatic heterocycles. The van der Waals surface area contributed by atoms with E-state index in [1.165, 1.54) is 92.1 Å². The summed E-state index contributed by atoms with van der Waals surface area (Å²) >= 11 is 0. The fraction of sp³-hybridized carbons (Fsp3) is 0.388. The molecule has 262 valence electrons. The van der Waals surface area contributed by atoms with Crippen LogP contribution in [-0.2, 0) is 16.2 Å². The first kappa shape index (κ1) is 32.4. The molecule has 3 unspecified atom stereocenters. The van der Waals surface area contributed by atoms with E-state index in [1.807, 2.05) is 0 Å². The van der Waals surface area contributed by atoms with Crippen LogP contribution in [0.4, 0.5) is 11.4 Å². The third-order valence-electron chi connectivity index (χ3n) is 14.4. The minimum atomic E-state index is 0.0261. The van der Waals surface area contributed by atoms with Crippen LogP contribution in [0.2, 0.25) is 0 Å². The van der Waals surface area contributed by atoms with Crippen molar-refractivity contribution in [1.29, 1.82) is 0 Å². The van der Waals surface area contributed by atoms with E-state index < -0.39 is 0 Å². The van der Waals surface area contributed by atoms with Crippen LogP contribution < -0.4 is 15.7 Å². The molecular weight excluding hydrogens is 629 g/mol. The summed E-state index contributed by atoms with van der Waals surface area (Å²) in [4.78, 5) is 2.71. The van der Waals surface area contributed by atoms with Crippen LogP contribution in [0.1, 0.15) is 126 Å². The first-order valence-electron chi connectivity index (χ1n) is 19.8. The van der Waals surface area contributed by atoms with Crippen molar-refractivity contribution < 1.29 is 4.42 Å². The predicted octanol–water partition coefficient (Wildman–Crippen LogP) is 12.0. The van der Waals surface area contributed by atoms with E-state index in [-0.39, 0.29) is 28.5 Å². The highest BCUT2D eigenvalue weighted by atomic mass is 16.3. The Morgan fingerprint density at radius 2 is 1.50 bits per heavy atom. The molecule has 2 aliphatic carbocycles. The normalized spacial score (nSPS) is 23.2. The highest BCUT2D eigenvalue weighted by Gasteiger charge is 2.63. The first-order valence-corrected chi connectivity index (χ1v) is 19.8. The third-order valence-corrected chi connectivity index (χ3v) is 14.4. The zero-order valence-corrected chi connectivity index (χ0v) is 32.8. The molecule has 5 aromatic carbocycles. The van der Waals surface area contributed by atoms with Crippen molar-refractivity contribution in [3.05, 3.63) is 118 Å². The molecule has 52 heavy (non-hydrogen) atoms. The average molecular weight is 682 g/mol. The third kappa shape index (κ3) is 4.03. The van der Waals surface area contributed by atoms with Crippen LogP contribution in [0, 0.1) is 19.3 Å². The van der Waals surface area contributed by atoms with Gasteiger partial charge >= 0.3 is 6.85 Å². The van der Waals surface area contributed by atoms with Gasteiger partial charge in [0.2, 0.25) is 0 Å². The second-order valence-corrected chi connectivity index (χ2v) is 19.4. The SMILES string of the molecule is Cc1cc2c3c(c1)C1c4c(cc(C(C)(C)C)cc4C4(C)CCCCC14C)B3N(c1ccccc1C)c1c-2ccc2c1oc1ccc(C(C)(C)C)cc12. The molecule has 0 bridgehead atoms. The van der Waals surface area contributed by atoms with Crippen LogP contribution in [0.5, 0.6) is 0 Å². The van der Waals surface area contributed by atoms with Gasteiger partial charge in [-0.25, -0.2) is 0 Å². The molecular formula is C49H52BNO. The van der Waals surface area contributed by atoms with Gasteiger partial charge in [0.25, 0.3) is 0 Å². The number of rotatable bonds is 1. The van der Waals surface area contributed by atoms with Crippen LogP contribution in [-0.4, -0.2) is 6.85 Å². The van der Waals surface area contributed by atoms with Gasteiger partial charge in [0.1, 0.15) is 5.58 Å². The number of benzene rings is 5. The zero-order chi connectivity index (χ0) is 36.3. The van der Waals surface area contributed by atoms with Crippen LogP contribution in [0.25, 0.3) is 33.1 Å². The Morgan fingerprint density at radius 3 is 2.25 bits per heavy atom. The molecule has 1 saturated carbocycles. The molecule has 3 atom stereocenters. The first-order chi connectivity index (χ1) is 24.6. The van der Waals surface area contributed by atoms with Crippen molar-refractivity contribution in [3.63, 3.8) is 0 Å². The standard InChI is InChI=1S/C49H52BNO/c1-28-23-35-32-18-19-33-34-25-30(46(3,4)5)17-20-40(34)52-45(33)44(32)51(39-16-12-11-15-29(39)2)50-38-27-31(47(6,7)8)26-37-41(38)42(36(24-28)43(35)50)49(10)22-14-13-21-48(37,49)9/h11-12,15-20,23-27,42H,13-14,21-22H2,1-10H3. The summed E-state index contributed by atoms with van der Waals surface area (Å²) in [5, 5.41) is 2.40. The molecule has 0 spiro atoms. The number of para-hydroxylation sites is 1. The molecule has 4 aliphatic rings. The Labute approximate surface area is 310 Å². The highest BCUT2D eigenvalue weighted by molar-refractivity contribution is 6.92. The Kier molecular flexibility index (Phi) is 6.39. The lowest BCUT2D eigenvalue weighted by atomic mass is 9.39. The van der Waals surface area contributed by atoms with Crippen molar-refractivity contribution >= 4 is 51.1 Å². The number of anilines is 2. The number of aryl methyl sites for hydroxylation is 2. The smallest absolute Gasteiger partial charge is 0.329 e. The van der Waals surface area contributed by atoms with Crippen molar-refractivity contribution in [3.8, 4) is 11.1 Å². The van der Waals surface area contributed by atoms with Gasteiger partial charge in [-0.3, -0.25) is 0 Å². The van der Waals surface area contributed by atoms with Crippen molar-refractivity contribution in [2.45, 2.75) is 117 Å². The lowest BCUT2D eigenvalue weighted by Crippen LogP contribution is -2.63. The van der Waals surface area contributed by atoms with E-state index in [0.29, 0.717) is 5.92 Å². The van der Waals surface area contributed by atoms with Gasteiger partial charge in [-0.05, 0) is 122 Å². The molecule has 3 heteroatoms. The van der Waals surface area contributed by atoms with Crippen molar-refractivity contribution in [1.82, 2.24) is 0 Å². The van der Waals surface area contributed by atoms with Gasteiger partial charge in [0.05, 0.1) is 5.69 Å². The maximum atomic E-state index is 7.09. The Hall–Kier alpha value is -4.24. The summed E-state index contributed by atoms with van der Waals surface area (Å²) in [5.41, 5.74) is 20.7. The summed E-state index contributed by atoms with van der Waals surface area (Å²) in [7, 11) is 0. The van der Waals surface area contributed by atoms with Gasteiger partial charge < -0.3 is 9.23 Å². The predicted molar refractivity (Wildman–Crippen MR) is 222 cm³/mol. The van der Waals surface area contributed by atoms with E-state index in [2.05, 4.69) is 153 Å². The molecule has 10 rings (SSSR count). The largest absolute Gasteiger partial charge is 0.454 e. The van der Waals surface area contributed by atoms with E-state index in [1.54, 1.807) is 16.7 Å². The van der Waals surface area contributed by atoms with Crippen LogP contribution >= 0.6 is 0 Å². The van der Waals surface area contributed by atoms with Crippen LogP contribution in [0.15, 0.2) is 83.3 Å². The maximum Gasteiger partial charge on any atom is 0.329 e. The van der Waals surface area contributed by atoms with Gasteiger partial charge in [-0.2, -0.15) is 0 Å². The lowest BCUT2D eigenvalue weighted by Gasteiger charge is -2.51. The zero-order valence-electron chi connectivity index (χ0n) is 32.8. The Morgan fingerprint density at radius 1 is 0.750 bits per heavy atom. The van der Waals surface area contributed by atoms with Gasteiger partial charge in [-0.1, -0.05) is 128 Å². The monoisotopic (exact) mass is 681 g/mol. The molecule has 6 aromatic rings. The summed E-state index contributed by atoms with van der Waals surface area (Å²) < 4.78 is 7.09. The number of hydrogen-bond acceptors (Lipinski definition) is 2. The molecule has 0 saturated heterocycles. The Balaban J connectivity index is 1.38. The summed E-state index contributed by atoms with van der Waals surface area (Å²) in [5.74, 6) is 0.382. The molecule has 2 aliphatic heterocycles. The van der Waals surface area contributed by atoms with E-state index in [0.717, 1.165) is 11.2 Å². The number of hydrogen-bond donors (Lipinski definition) is 0. The van der Waals surface area contributed by atoms with E-state index >= 15 is 0 Å². The second kappa shape index (κ2) is 10.2. The maximum absolute atomic E-state index is 7.09. The molecule has 1 fully saturated rings. The van der Waals surface area contributed by atoms with E-state index in [4.69, 9.17) is 4.42 Å². The number of nitrogens with zero attached hydrogens (tertiary/aromatic N) is 1. The molecule has 0 radical (unpaired) electrons. The minimum Gasteiger partial charge on any atom is -0.454 e. The second-order valence-electron chi connectivity index (χ2n) is 19.4. The molecule has 2 nitrogen and oxygen atoms in total. The number of fused-ring (bicyclic) bond motifs is 11. The lowest BCUT2D eigenvalue weighted by molar-refractivity contribution is 0.0925. The molecule has 0 N–H and O–H groups in total. The summed E-state index contributed by atoms with van der Waals surface area (Å²) in [6, 6.07) is 31.0. The highest BCUT2D eigenvalue weighted by Crippen LogP contribution is 2.68. The average Bonchev–Trinajstić information content (AvgIpc) is 3.56. The van der Waals surface area contributed by atoms with Crippen molar-refractivity contribution in [2.24, 2.45) is 5.41 Å². The fourth-order valence-electron chi connectivity index (χ4n) is 11.4. The fourth-order valence-corrected chi connectivity index (χ4v) is 11.4. The number of furan rings is 1. The summed E-state index contributed by atoms with van der Waals surface area (Å²) in [6.45, 7) is 24.0. The van der Waals surface area contributed by atoms with Gasteiger partial charge in [-0.15, -0.1) is 0 Å². The van der Waals surface area contributed by atoms with Gasteiger partial charge in [0, 0.05) is 27.9 Å².